The van der Waals surface area contributed by atoms with E-state index in [2.05, 4.69) is 20.0 Å². The zero-order chi connectivity index (χ0) is 28.2. The minimum atomic E-state index is -4.54. The Hall–Kier alpha value is -3.42. The number of carbonyl (C=O) groups excluding carboxylic acids is 2. The van der Waals surface area contributed by atoms with Gasteiger partial charge in [-0.25, -0.2) is 13.8 Å². The molecule has 208 valence electrons. The van der Waals surface area contributed by atoms with Gasteiger partial charge in [-0.05, 0) is 44.4 Å². The number of aromatic nitrogens is 1. The molecule has 1 saturated heterocycles. The van der Waals surface area contributed by atoms with Crippen molar-refractivity contribution in [2.24, 2.45) is 16.6 Å². The number of nitrogens with one attached hydrogen (secondary N) is 1. The number of fused-ring (bicyclic) bond motifs is 1. The number of amides is 2. The van der Waals surface area contributed by atoms with Crippen molar-refractivity contribution >= 4 is 34.4 Å². The molecular weight excluding hydrogens is 545 g/mol. The molecule has 8 nitrogen and oxygen atoms in total. The standard InChI is InChI=1S/C25H24F5N5O3S/c1-23(18-10-24(18,39-22(31)34-23)21(37)35-6-2-3-7-35)15-8-13(9-16(26)19(15)27)33-20(36)17-5-4-14(11-32-17)38-12-25(28,29)30/h4-5,8-9,11,18H,2-3,6-7,10,12H2,1H3,(H2,31,34)(H,33,36)/t18-,23+,24-/m0/s1. The third-order valence-corrected chi connectivity index (χ3v) is 8.47. The van der Waals surface area contributed by atoms with Gasteiger partial charge in [-0.15, -0.1) is 0 Å². The van der Waals surface area contributed by atoms with Gasteiger partial charge < -0.3 is 20.7 Å². The van der Waals surface area contributed by atoms with Crippen LogP contribution in [0.25, 0.3) is 0 Å². The van der Waals surface area contributed by atoms with Gasteiger partial charge in [0.2, 0.25) is 5.91 Å². The first kappa shape index (κ1) is 27.2. The van der Waals surface area contributed by atoms with E-state index in [0.717, 1.165) is 49.0 Å². The molecule has 0 spiro atoms. The van der Waals surface area contributed by atoms with Crippen molar-refractivity contribution in [3.8, 4) is 5.75 Å². The number of pyridine rings is 1. The maximum Gasteiger partial charge on any atom is 0.422 e. The molecule has 0 bridgehead atoms. The van der Waals surface area contributed by atoms with Gasteiger partial charge in [-0.3, -0.25) is 14.6 Å². The SMILES string of the molecule is C[C@]1(c2cc(NC(=O)c3ccc(OCC(F)(F)F)cn3)cc(F)c2F)N=C(N)S[C@@]2(C(=O)N3CCCC3)C[C@H]21. The number of aliphatic imine (C=N–C) groups is 1. The maximum absolute atomic E-state index is 15.2. The van der Waals surface area contributed by atoms with Crippen LogP contribution in [0.15, 0.2) is 35.5 Å². The van der Waals surface area contributed by atoms with Crippen LogP contribution in [0.3, 0.4) is 0 Å². The molecular formula is C25H24F5N5O3S. The summed E-state index contributed by atoms with van der Waals surface area (Å²) in [6.45, 7) is 1.34. The summed E-state index contributed by atoms with van der Waals surface area (Å²) in [6.07, 6.45) is -1.41. The van der Waals surface area contributed by atoms with Crippen LogP contribution in [0.4, 0.5) is 27.6 Å². The summed E-state index contributed by atoms with van der Waals surface area (Å²) in [7, 11) is 0. The van der Waals surface area contributed by atoms with Gasteiger partial charge >= 0.3 is 6.18 Å². The van der Waals surface area contributed by atoms with Gasteiger partial charge in [0.05, 0.1) is 11.7 Å². The van der Waals surface area contributed by atoms with Gasteiger partial charge in [0.25, 0.3) is 5.91 Å². The Morgan fingerprint density at radius 2 is 1.95 bits per heavy atom. The van der Waals surface area contributed by atoms with Crippen LogP contribution in [-0.2, 0) is 10.3 Å². The first-order chi connectivity index (χ1) is 18.3. The van der Waals surface area contributed by atoms with Crippen LogP contribution in [0.1, 0.15) is 42.2 Å². The molecule has 2 fully saturated rings. The number of hydrogen-bond acceptors (Lipinski definition) is 7. The third-order valence-electron chi connectivity index (χ3n) is 7.18. The highest BCUT2D eigenvalue weighted by Gasteiger charge is 2.71. The number of likely N-dealkylation sites (tertiary alicyclic amines) is 1. The number of alkyl halides is 3. The van der Waals surface area contributed by atoms with Crippen molar-refractivity contribution in [3.05, 3.63) is 53.4 Å². The minimum absolute atomic E-state index is 0.0850. The lowest BCUT2D eigenvalue weighted by Gasteiger charge is -2.35. The summed E-state index contributed by atoms with van der Waals surface area (Å²) < 4.78 is 70.6. The van der Waals surface area contributed by atoms with Crippen molar-refractivity contribution in [2.75, 3.05) is 25.0 Å². The number of anilines is 1. The average molecular weight is 570 g/mol. The number of thioether (sulfide) groups is 1. The van der Waals surface area contributed by atoms with Crippen molar-refractivity contribution in [1.29, 1.82) is 0 Å². The predicted octanol–water partition coefficient (Wildman–Crippen LogP) is 4.21. The Bertz CT molecular complexity index is 1350. The monoisotopic (exact) mass is 569 g/mol. The predicted molar refractivity (Wildman–Crippen MR) is 133 cm³/mol. The summed E-state index contributed by atoms with van der Waals surface area (Å²) in [5, 5.41) is 2.51. The highest BCUT2D eigenvalue weighted by molar-refractivity contribution is 8.15. The first-order valence-electron chi connectivity index (χ1n) is 12.1. The zero-order valence-corrected chi connectivity index (χ0v) is 21.5. The Kier molecular flexibility index (Phi) is 6.72. The molecule has 3 heterocycles. The van der Waals surface area contributed by atoms with Crippen LogP contribution < -0.4 is 15.8 Å². The van der Waals surface area contributed by atoms with E-state index in [1.54, 1.807) is 11.8 Å². The van der Waals surface area contributed by atoms with E-state index in [1.807, 2.05) is 0 Å². The summed E-state index contributed by atoms with van der Waals surface area (Å²) >= 11 is 1.15. The van der Waals surface area contributed by atoms with Gasteiger partial charge in [-0.1, -0.05) is 11.8 Å². The molecule has 3 N–H and O–H groups in total. The number of ether oxygens (including phenoxy) is 1. The van der Waals surface area contributed by atoms with Crippen LogP contribution in [0.2, 0.25) is 0 Å². The van der Waals surface area contributed by atoms with Gasteiger partial charge in [-0.2, -0.15) is 13.2 Å². The molecule has 39 heavy (non-hydrogen) atoms. The summed E-state index contributed by atoms with van der Waals surface area (Å²) in [5.74, 6) is -3.95. The topological polar surface area (TPSA) is 110 Å². The lowest BCUT2D eigenvalue weighted by atomic mass is 9.85. The quantitative estimate of drug-likeness (QED) is 0.505. The zero-order valence-electron chi connectivity index (χ0n) is 20.6. The Balaban J connectivity index is 1.38. The van der Waals surface area contributed by atoms with E-state index < -0.39 is 46.5 Å². The van der Waals surface area contributed by atoms with Gasteiger partial charge in [0.1, 0.15) is 16.2 Å². The molecule has 5 rings (SSSR count). The molecule has 3 atom stereocenters. The van der Waals surface area contributed by atoms with Crippen molar-refractivity contribution in [2.45, 2.75) is 42.6 Å². The van der Waals surface area contributed by atoms with Gasteiger partial charge in [0.15, 0.2) is 23.4 Å². The first-order valence-corrected chi connectivity index (χ1v) is 12.9. The number of nitrogens with zero attached hydrogens (tertiary/aromatic N) is 3. The average Bonchev–Trinajstić information content (AvgIpc) is 3.37. The number of amidine groups is 1. The van der Waals surface area contributed by atoms with Crippen molar-refractivity contribution < 1.29 is 36.3 Å². The molecule has 1 aliphatic carbocycles. The van der Waals surface area contributed by atoms with Crippen LogP contribution >= 0.6 is 11.8 Å². The van der Waals surface area contributed by atoms with E-state index >= 15 is 4.39 Å². The van der Waals surface area contributed by atoms with Gasteiger partial charge in [0, 0.05) is 36.3 Å². The van der Waals surface area contributed by atoms with Crippen molar-refractivity contribution in [1.82, 2.24) is 9.88 Å². The van der Waals surface area contributed by atoms with E-state index in [0.29, 0.717) is 19.5 Å². The fourth-order valence-electron chi connectivity index (χ4n) is 5.23. The molecule has 2 aromatic rings. The smallest absolute Gasteiger partial charge is 0.422 e. The molecule has 14 heteroatoms. The number of hydrogen-bond donors (Lipinski definition) is 2. The number of rotatable bonds is 6. The highest BCUT2D eigenvalue weighted by Crippen LogP contribution is 2.66. The maximum atomic E-state index is 15.2. The molecule has 2 amide bonds. The Labute approximate surface area is 224 Å². The molecule has 0 unspecified atom stereocenters. The largest absolute Gasteiger partial charge is 0.483 e. The number of carbonyl (C=O) groups is 2. The molecule has 1 saturated carbocycles. The molecule has 2 aliphatic heterocycles. The van der Waals surface area contributed by atoms with E-state index in [1.165, 1.54) is 6.07 Å². The van der Waals surface area contributed by atoms with Crippen LogP contribution in [-0.4, -0.2) is 57.5 Å². The van der Waals surface area contributed by atoms with Crippen LogP contribution in [0, 0.1) is 17.6 Å². The second-order valence-corrected chi connectivity index (χ2v) is 11.3. The fourth-order valence-corrected chi connectivity index (χ4v) is 6.68. The van der Waals surface area contributed by atoms with E-state index in [4.69, 9.17) is 5.73 Å². The molecule has 1 aromatic carbocycles. The van der Waals surface area contributed by atoms with E-state index in [9.17, 15) is 27.2 Å². The molecule has 1 aromatic heterocycles. The lowest BCUT2D eigenvalue weighted by molar-refractivity contribution is -0.153. The number of benzene rings is 1. The summed E-state index contributed by atoms with van der Waals surface area (Å²) in [6, 6.07) is 4.30. The summed E-state index contributed by atoms with van der Waals surface area (Å²) in [5.41, 5.74) is 4.28. The fraction of sp³-hybridized carbons (Fsp3) is 0.440. The third kappa shape index (κ3) is 5.13. The highest BCUT2D eigenvalue weighted by atomic mass is 32.2. The van der Waals surface area contributed by atoms with Crippen molar-refractivity contribution in [3.63, 3.8) is 0 Å². The summed E-state index contributed by atoms with van der Waals surface area (Å²) in [4.78, 5) is 36.1. The minimum Gasteiger partial charge on any atom is -0.483 e. The normalized spacial score (nSPS) is 26.1. The number of halogens is 5. The molecule has 0 radical (unpaired) electrons. The number of nitrogens with two attached hydrogens (primary N) is 1. The molecule has 3 aliphatic rings. The second kappa shape index (κ2) is 9.65. The Morgan fingerprint density at radius 1 is 1.23 bits per heavy atom. The lowest BCUT2D eigenvalue weighted by Crippen LogP contribution is -2.45. The second-order valence-electron chi connectivity index (χ2n) is 9.90. The Morgan fingerprint density at radius 3 is 2.59 bits per heavy atom. The van der Waals surface area contributed by atoms with Crippen LogP contribution in [0.5, 0.6) is 5.75 Å². The van der Waals surface area contributed by atoms with E-state index in [-0.39, 0.29) is 33.8 Å².